The zero-order valence-electron chi connectivity index (χ0n) is 20.0. The predicted molar refractivity (Wildman–Crippen MR) is 129 cm³/mol. The van der Waals surface area contributed by atoms with Gasteiger partial charge in [0.05, 0.1) is 11.6 Å². The Labute approximate surface area is 210 Å². The van der Waals surface area contributed by atoms with E-state index in [1.54, 1.807) is 12.1 Å². The van der Waals surface area contributed by atoms with Crippen LogP contribution in [-0.2, 0) is 14.4 Å². The maximum absolute atomic E-state index is 14.0. The molecule has 3 aliphatic carbocycles. The van der Waals surface area contributed by atoms with Crippen LogP contribution in [0.2, 0.25) is 0 Å². The lowest BCUT2D eigenvalue weighted by atomic mass is 9.54. The van der Waals surface area contributed by atoms with Gasteiger partial charge < -0.3 is 26.2 Å². The van der Waals surface area contributed by atoms with Crippen LogP contribution in [0, 0.1) is 17.7 Å². The van der Waals surface area contributed by atoms with Crippen molar-refractivity contribution in [2.24, 2.45) is 17.6 Å². The van der Waals surface area contributed by atoms with Crippen molar-refractivity contribution in [3.8, 4) is 5.75 Å². The van der Waals surface area contributed by atoms with Gasteiger partial charge in [-0.3, -0.25) is 19.3 Å². The van der Waals surface area contributed by atoms with Crippen molar-refractivity contribution in [3.63, 3.8) is 0 Å². The Bertz CT molecular complexity index is 1430. The number of fused-ring (bicyclic) bond motifs is 3. The third-order valence-electron chi connectivity index (χ3n) is 7.84. The molecule has 0 heterocycles. The summed E-state index contributed by atoms with van der Waals surface area (Å²) in [5.74, 6) is -8.50. The van der Waals surface area contributed by atoms with E-state index in [0.29, 0.717) is 11.1 Å². The number of phenolic OH excluding ortho intramolecular Hbond substituents is 1. The largest absolute Gasteiger partial charge is 0.508 e. The molecule has 3 aliphatic rings. The second-order valence-corrected chi connectivity index (χ2v) is 9.94. The Balaban J connectivity index is 1.81. The Morgan fingerprint density at radius 2 is 1.73 bits per heavy atom. The number of aliphatic hydroxyl groups excluding tert-OH is 2. The zero-order valence-corrected chi connectivity index (χ0v) is 20.0. The van der Waals surface area contributed by atoms with Gasteiger partial charge in [0.2, 0.25) is 5.78 Å². The molecule has 0 spiro atoms. The summed E-state index contributed by atoms with van der Waals surface area (Å²) in [6, 6.07) is 8.91. The van der Waals surface area contributed by atoms with E-state index in [4.69, 9.17) is 5.73 Å². The number of hydrogen-bond acceptors (Lipinski definition) is 8. The van der Waals surface area contributed by atoms with Gasteiger partial charge >= 0.3 is 0 Å². The van der Waals surface area contributed by atoms with E-state index >= 15 is 0 Å². The molecule has 2 aromatic rings. The third kappa shape index (κ3) is 3.25. The summed E-state index contributed by atoms with van der Waals surface area (Å²) in [4.78, 5) is 40.8. The summed E-state index contributed by atoms with van der Waals surface area (Å²) in [6.07, 6.45) is -0.0799. The smallest absolute Gasteiger partial charge is 0.255 e. The first-order chi connectivity index (χ1) is 17.4. The lowest BCUT2D eigenvalue weighted by Crippen LogP contribution is -2.66. The van der Waals surface area contributed by atoms with E-state index in [-0.39, 0.29) is 23.3 Å². The third-order valence-corrected chi connectivity index (χ3v) is 7.84. The number of ketones is 2. The first kappa shape index (κ1) is 24.7. The predicted octanol–water partition coefficient (Wildman–Crippen LogP) is 1.69. The van der Waals surface area contributed by atoms with Crippen molar-refractivity contribution in [2.75, 3.05) is 14.1 Å². The average molecular weight is 509 g/mol. The van der Waals surface area contributed by atoms with Gasteiger partial charge in [-0.2, -0.15) is 0 Å². The van der Waals surface area contributed by atoms with E-state index in [1.807, 2.05) is 0 Å². The van der Waals surface area contributed by atoms with Gasteiger partial charge in [-0.05, 0) is 49.8 Å². The molecule has 5 rings (SSSR count). The summed E-state index contributed by atoms with van der Waals surface area (Å²) in [5, 5.41) is 44.6. The second-order valence-electron chi connectivity index (χ2n) is 9.94. The Hall–Kier alpha value is -4.02. The first-order valence-corrected chi connectivity index (χ1v) is 11.6. The van der Waals surface area contributed by atoms with Crippen molar-refractivity contribution >= 4 is 23.2 Å². The van der Waals surface area contributed by atoms with E-state index in [0.717, 1.165) is 0 Å². The Morgan fingerprint density at radius 1 is 1.08 bits per heavy atom. The molecule has 6 N–H and O–H groups in total. The molecule has 0 radical (unpaired) electrons. The van der Waals surface area contributed by atoms with E-state index in [1.165, 1.54) is 49.3 Å². The van der Waals surface area contributed by atoms with Crippen LogP contribution < -0.4 is 5.73 Å². The number of phenols is 1. The number of carbonyl (C=O) groups is 3. The van der Waals surface area contributed by atoms with Crippen LogP contribution in [0.3, 0.4) is 0 Å². The van der Waals surface area contributed by atoms with Crippen LogP contribution in [0.25, 0.3) is 5.76 Å². The highest BCUT2D eigenvalue weighted by Crippen LogP contribution is 2.57. The molecular formula is C27H25FN2O7. The van der Waals surface area contributed by atoms with Crippen LogP contribution in [0.1, 0.15) is 29.0 Å². The lowest BCUT2D eigenvalue weighted by molar-refractivity contribution is -0.154. The Morgan fingerprint density at radius 3 is 2.32 bits per heavy atom. The molecule has 1 saturated carbocycles. The fourth-order valence-electron chi connectivity index (χ4n) is 6.31. The molecule has 10 heteroatoms. The quantitative estimate of drug-likeness (QED) is 0.392. The Kier molecular flexibility index (Phi) is 5.50. The normalized spacial score (nSPS) is 29.2. The summed E-state index contributed by atoms with van der Waals surface area (Å²) in [7, 11) is 3.06. The maximum atomic E-state index is 14.0. The number of amides is 1. The molecule has 0 bridgehead atoms. The number of aromatic hydroxyl groups is 1. The molecule has 1 amide bonds. The summed E-state index contributed by atoms with van der Waals surface area (Å²) in [5.41, 5.74) is 2.47. The maximum Gasteiger partial charge on any atom is 0.255 e. The average Bonchev–Trinajstić information content (AvgIpc) is 2.82. The lowest BCUT2D eigenvalue weighted by Gasteiger charge is -2.51. The molecular weight excluding hydrogens is 483 g/mol. The standard InChI is InChI=1S/C27H25FN2O7/c1-30(2)21-15-10-14-17(11-6-8-12(28)9-7-11)13-4-3-5-16(31)18(13)22(32)19(14)24(34)27(15,37)25(35)20(23(21)33)26(29)36/h3-9,14-15,17,21,31-32,35,37H,10H2,1-2H3,(H2,29,36)/t14-,15+,17-,21+,27+/m1/s1. The number of benzene rings is 2. The minimum Gasteiger partial charge on any atom is -0.508 e. The molecule has 2 aromatic carbocycles. The monoisotopic (exact) mass is 508 g/mol. The first-order valence-electron chi connectivity index (χ1n) is 11.6. The number of halogens is 1. The van der Waals surface area contributed by atoms with Crippen LogP contribution in [-0.4, -0.2) is 68.5 Å². The van der Waals surface area contributed by atoms with Crippen LogP contribution in [0.5, 0.6) is 5.75 Å². The van der Waals surface area contributed by atoms with Crippen molar-refractivity contribution < 1.29 is 39.2 Å². The minimum atomic E-state index is -2.73. The van der Waals surface area contributed by atoms with Gasteiger partial charge in [-0.1, -0.05) is 24.3 Å². The molecule has 192 valence electrons. The van der Waals surface area contributed by atoms with Gasteiger partial charge in [0.25, 0.3) is 5.91 Å². The number of nitrogens with zero attached hydrogens (tertiary/aromatic N) is 1. The highest BCUT2D eigenvalue weighted by atomic mass is 19.1. The summed E-state index contributed by atoms with van der Waals surface area (Å²) >= 11 is 0. The number of carbonyl (C=O) groups excluding carboxylic acids is 3. The minimum absolute atomic E-state index is 0.0342. The number of primary amides is 1. The fourth-order valence-corrected chi connectivity index (χ4v) is 6.31. The fraction of sp³-hybridized carbons (Fsp3) is 0.296. The number of likely N-dealkylation sites (N-methyl/N-ethyl adjacent to an activating group) is 1. The highest BCUT2D eigenvalue weighted by molar-refractivity contribution is 6.24. The SMILES string of the molecule is CN(C)[C@@H]1C(=O)C(C(N)=O)=C(O)[C@@]2(O)C(=O)C3=C(O)c4c(O)cccc4[C@@H](c4ccc(F)cc4)[C@H]3C[C@@H]12. The number of nitrogens with two attached hydrogens (primary N) is 1. The molecule has 0 unspecified atom stereocenters. The van der Waals surface area contributed by atoms with E-state index in [9.17, 15) is 39.2 Å². The van der Waals surface area contributed by atoms with Gasteiger partial charge in [-0.25, -0.2) is 4.39 Å². The topological polar surface area (TPSA) is 161 Å². The number of Topliss-reactive ketones (excluding diaryl/α,β-unsaturated/α-hetero) is 2. The van der Waals surface area contributed by atoms with Crippen molar-refractivity contribution in [1.82, 2.24) is 4.90 Å². The number of aliphatic hydroxyl groups is 3. The number of hydrogen-bond donors (Lipinski definition) is 5. The van der Waals surface area contributed by atoms with Gasteiger partial charge in [0.1, 0.15) is 28.7 Å². The van der Waals surface area contributed by atoms with Crippen molar-refractivity contribution in [2.45, 2.75) is 24.0 Å². The molecule has 9 nitrogen and oxygen atoms in total. The highest BCUT2D eigenvalue weighted by Gasteiger charge is 2.65. The van der Waals surface area contributed by atoms with Crippen LogP contribution in [0.15, 0.2) is 59.4 Å². The van der Waals surface area contributed by atoms with Crippen LogP contribution >= 0.6 is 0 Å². The van der Waals surface area contributed by atoms with Gasteiger partial charge in [0.15, 0.2) is 11.4 Å². The zero-order chi connectivity index (χ0) is 27.0. The molecule has 37 heavy (non-hydrogen) atoms. The summed E-state index contributed by atoms with van der Waals surface area (Å²) < 4.78 is 13.8. The molecule has 0 aliphatic heterocycles. The molecule has 0 aromatic heterocycles. The van der Waals surface area contributed by atoms with Gasteiger partial charge in [0, 0.05) is 23.3 Å². The molecule has 5 atom stereocenters. The van der Waals surface area contributed by atoms with E-state index in [2.05, 4.69) is 0 Å². The van der Waals surface area contributed by atoms with Crippen LogP contribution in [0.4, 0.5) is 4.39 Å². The molecule has 1 fully saturated rings. The van der Waals surface area contributed by atoms with Gasteiger partial charge in [-0.15, -0.1) is 0 Å². The van der Waals surface area contributed by atoms with Crippen molar-refractivity contribution in [3.05, 3.63) is 81.9 Å². The van der Waals surface area contributed by atoms with E-state index < -0.39 is 69.8 Å². The van der Waals surface area contributed by atoms with Crippen molar-refractivity contribution in [1.29, 1.82) is 0 Å². The molecule has 0 saturated heterocycles. The number of rotatable bonds is 3. The summed E-state index contributed by atoms with van der Waals surface area (Å²) in [6.45, 7) is 0. The second kappa shape index (κ2) is 8.25.